The Bertz CT molecular complexity index is 137. The molecule has 2 nitrogen and oxygen atoms in total. The van der Waals surface area contributed by atoms with Crippen molar-refractivity contribution >= 4 is 0 Å². The van der Waals surface area contributed by atoms with Gasteiger partial charge in [-0.15, -0.1) is 0 Å². The average Bonchev–Trinajstić information content (AvgIpc) is 2.20. The smallest absolute Gasteiger partial charge is 0.000427 e. The van der Waals surface area contributed by atoms with Crippen LogP contribution in [0.4, 0.5) is 0 Å². The van der Waals surface area contributed by atoms with Crippen LogP contribution in [0.15, 0.2) is 0 Å². The lowest BCUT2D eigenvalue weighted by Crippen LogP contribution is -2.31. The first-order valence-electron chi connectivity index (χ1n) is 6.91. The summed E-state index contributed by atoms with van der Waals surface area (Å²) in [6, 6.07) is 0. The summed E-state index contributed by atoms with van der Waals surface area (Å²) < 4.78 is 0. The lowest BCUT2D eigenvalue weighted by Gasteiger charge is -2.25. The summed E-state index contributed by atoms with van der Waals surface area (Å²) in [5.74, 6) is 2.25. The molecule has 0 spiro atoms. The zero-order chi connectivity index (χ0) is 12.6. The molecule has 0 aromatic carbocycles. The van der Waals surface area contributed by atoms with Crippen LogP contribution in [0.1, 0.15) is 47.5 Å². The van der Waals surface area contributed by atoms with Crippen LogP contribution in [0.3, 0.4) is 0 Å². The fourth-order valence-electron chi connectivity index (χ4n) is 2.26. The molecule has 2 N–H and O–H groups in total. The van der Waals surface area contributed by atoms with Crippen molar-refractivity contribution in [1.82, 2.24) is 4.90 Å². The Labute approximate surface area is 103 Å². The highest BCUT2D eigenvalue weighted by Gasteiger charge is 2.11. The van der Waals surface area contributed by atoms with Crippen LogP contribution in [-0.2, 0) is 0 Å². The minimum absolute atomic E-state index is 0.709. The van der Waals surface area contributed by atoms with E-state index in [9.17, 15) is 0 Å². The highest BCUT2D eigenvalue weighted by atomic mass is 15.1. The van der Waals surface area contributed by atoms with Crippen LogP contribution in [0, 0.1) is 17.8 Å². The molecule has 0 heterocycles. The molecule has 0 radical (unpaired) electrons. The molecule has 0 fully saturated rings. The second kappa shape index (κ2) is 9.00. The molecule has 0 aromatic heterocycles. The molecule has 98 valence electrons. The summed E-state index contributed by atoms with van der Waals surface area (Å²) in [6.45, 7) is 15.8. The van der Waals surface area contributed by atoms with Crippen molar-refractivity contribution in [3.63, 3.8) is 0 Å². The number of hydrogen-bond acceptors (Lipinski definition) is 2. The topological polar surface area (TPSA) is 29.3 Å². The number of hydrogen-bond donors (Lipinski definition) is 1. The van der Waals surface area contributed by atoms with Gasteiger partial charge in [-0.2, -0.15) is 0 Å². The molecule has 1 atom stereocenters. The van der Waals surface area contributed by atoms with Gasteiger partial charge in [0.25, 0.3) is 0 Å². The quantitative estimate of drug-likeness (QED) is 0.657. The standard InChI is InChI=1S/C14H32N2/c1-6-16(11-13(4)5)8-7-14(10-15)9-12(2)3/h12-14H,6-11,15H2,1-5H3. The Morgan fingerprint density at radius 3 is 2.06 bits per heavy atom. The molecule has 0 saturated carbocycles. The molecular weight excluding hydrogens is 196 g/mol. The van der Waals surface area contributed by atoms with Gasteiger partial charge in [-0.05, 0) is 50.2 Å². The van der Waals surface area contributed by atoms with E-state index in [1.54, 1.807) is 0 Å². The third kappa shape index (κ3) is 8.12. The average molecular weight is 228 g/mol. The van der Waals surface area contributed by atoms with Gasteiger partial charge in [0.05, 0.1) is 0 Å². The maximum atomic E-state index is 5.83. The lowest BCUT2D eigenvalue weighted by molar-refractivity contribution is 0.230. The van der Waals surface area contributed by atoms with Crippen molar-refractivity contribution in [2.45, 2.75) is 47.5 Å². The van der Waals surface area contributed by atoms with Crippen LogP contribution in [-0.4, -0.2) is 31.1 Å². The summed E-state index contributed by atoms with van der Waals surface area (Å²) in [5, 5.41) is 0. The fraction of sp³-hybridized carbons (Fsp3) is 1.00. The zero-order valence-electron chi connectivity index (χ0n) is 12.0. The highest BCUT2D eigenvalue weighted by Crippen LogP contribution is 2.15. The number of nitrogens with zero attached hydrogens (tertiary/aromatic N) is 1. The van der Waals surface area contributed by atoms with Gasteiger partial charge in [0, 0.05) is 6.54 Å². The van der Waals surface area contributed by atoms with E-state index in [4.69, 9.17) is 5.73 Å². The Hall–Kier alpha value is -0.0800. The summed E-state index contributed by atoms with van der Waals surface area (Å²) in [6.07, 6.45) is 2.53. The van der Waals surface area contributed by atoms with Gasteiger partial charge in [0.1, 0.15) is 0 Å². The van der Waals surface area contributed by atoms with Gasteiger partial charge in [-0.1, -0.05) is 34.6 Å². The molecule has 0 saturated heterocycles. The third-order valence-corrected chi connectivity index (χ3v) is 3.06. The molecule has 0 aliphatic carbocycles. The Kier molecular flexibility index (Phi) is 8.96. The van der Waals surface area contributed by atoms with Gasteiger partial charge < -0.3 is 10.6 Å². The largest absolute Gasteiger partial charge is 0.330 e. The van der Waals surface area contributed by atoms with Gasteiger partial charge in [-0.25, -0.2) is 0 Å². The first-order valence-corrected chi connectivity index (χ1v) is 6.91. The van der Waals surface area contributed by atoms with Crippen LogP contribution < -0.4 is 5.73 Å². The van der Waals surface area contributed by atoms with Crippen molar-refractivity contribution < 1.29 is 0 Å². The van der Waals surface area contributed by atoms with Crippen molar-refractivity contribution in [1.29, 1.82) is 0 Å². The fourth-order valence-corrected chi connectivity index (χ4v) is 2.26. The minimum atomic E-state index is 0.709. The van der Waals surface area contributed by atoms with E-state index in [1.165, 1.54) is 25.9 Å². The maximum absolute atomic E-state index is 5.83. The summed E-state index contributed by atoms with van der Waals surface area (Å²) >= 11 is 0. The van der Waals surface area contributed by atoms with Gasteiger partial charge in [0.15, 0.2) is 0 Å². The van der Waals surface area contributed by atoms with E-state index >= 15 is 0 Å². The molecule has 0 aliphatic rings. The van der Waals surface area contributed by atoms with Crippen LogP contribution in [0.5, 0.6) is 0 Å². The van der Waals surface area contributed by atoms with Crippen molar-refractivity contribution in [2.75, 3.05) is 26.2 Å². The summed E-state index contributed by atoms with van der Waals surface area (Å²) in [7, 11) is 0. The highest BCUT2D eigenvalue weighted by molar-refractivity contribution is 4.66. The second-order valence-corrected chi connectivity index (χ2v) is 5.81. The maximum Gasteiger partial charge on any atom is 0.000427 e. The van der Waals surface area contributed by atoms with Gasteiger partial charge >= 0.3 is 0 Å². The lowest BCUT2D eigenvalue weighted by atomic mass is 9.94. The van der Waals surface area contributed by atoms with E-state index in [2.05, 4.69) is 39.5 Å². The predicted octanol–water partition coefficient (Wildman–Crippen LogP) is 2.98. The third-order valence-electron chi connectivity index (χ3n) is 3.06. The van der Waals surface area contributed by atoms with Gasteiger partial charge in [-0.3, -0.25) is 0 Å². The van der Waals surface area contributed by atoms with E-state index in [0.717, 1.165) is 24.9 Å². The monoisotopic (exact) mass is 228 g/mol. The van der Waals surface area contributed by atoms with E-state index in [0.29, 0.717) is 5.92 Å². The number of nitrogens with two attached hydrogens (primary N) is 1. The molecule has 0 amide bonds. The van der Waals surface area contributed by atoms with Gasteiger partial charge in [0.2, 0.25) is 0 Å². The van der Waals surface area contributed by atoms with Crippen LogP contribution in [0.2, 0.25) is 0 Å². The van der Waals surface area contributed by atoms with E-state index in [-0.39, 0.29) is 0 Å². The SMILES string of the molecule is CCN(CCC(CN)CC(C)C)CC(C)C. The van der Waals surface area contributed by atoms with Crippen LogP contribution in [0.25, 0.3) is 0 Å². The predicted molar refractivity (Wildman–Crippen MR) is 73.6 cm³/mol. The number of rotatable bonds is 9. The Morgan fingerprint density at radius 1 is 1.06 bits per heavy atom. The van der Waals surface area contributed by atoms with E-state index < -0.39 is 0 Å². The summed E-state index contributed by atoms with van der Waals surface area (Å²) in [4.78, 5) is 2.55. The molecule has 1 unspecified atom stereocenters. The van der Waals surface area contributed by atoms with Crippen LogP contribution >= 0.6 is 0 Å². The van der Waals surface area contributed by atoms with Crippen molar-refractivity contribution in [3.05, 3.63) is 0 Å². The molecule has 2 heteroatoms. The van der Waals surface area contributed by atoms with E-state index in [1.807, 2.05) is 0 Å². The Morgan fingerprint density at radius 2 is 1.69 bits per heavy atom. The molecule has 0 rings (SSSR count). The molecule has 16 heavy (non-hydrogen) atoms. The molecule has 0 aliphatic heterocycles. The normalized spacial score (nSPS) is 14.1. The molecular formula is C14H32N2. The van der Waals surface area contributed by atoms with Crippen molar-refractivity contribution in [2.24, 2.45) is 23.5 Å². The first-order chi connectivity index (χ1) is 7.49. The molecule has 0 aromatic rings. The second-order valence-electron chi connectivity index (χ2n) is 5.81. The van der Waals surface area contributed by atoms with Crippen molar-refractivity contribution in [3.8, 4) is 0 Å². The molecule has 0 bridgehead atoms. The zero-order valence-corrected chi connectivity index (χ0v) is 12.0. The minimum Gasteiger partial charge on any atom is -0.330 e. The summed E-state index contributed by atoms with van der Waals surface area (Å²) in [5.41, 5.74) is 5.83. The Balaban J connectivity index is 3.87. The first kappa shape index (κ1) is 15.9.